The topological polar surface area (TPSA) is 49.4 Å². The van der Waals surface area contributed by atoms with Crippen molar-refractivity contribution in [2.45, 2.75) is 32.6 Å². The van der Waals surface area contributed by atoms with Gasteiger partial charge in [0, 0.05) is 32.1 Å². The monoisotopic (exact) mass is 382 g/mol. The van der Waals surface area contributed by atoms with E-state index in [1.807, 2.05) is 42.2 Å². The Morgan fingerprint density at radius 3 is 2.50 bits per heavy atom. The highest BCUT2D eigenvalue weighted by Gasteiger charge is 2.42. The van der Waals surface area contributed by atoms with Crippen LogP contribution in [0, 0.1) is 11.2 Å². The van der Waals surface area contributed by atoms with Crippen molar-refractivity contribution in [1.29, 1.82) is 0 Å². The predicted octanol–water partition coefficient (Wildman–Crippen LogP) is 3.80. The van der Waals surface area contributed by atoms with Crippen LogP contribution in [0.5, 0.6) is 0 Å². The third-order valence-corrected chi connectivity index (χ3v) is 5.62. The molecule has 0 spiro atoms. The molecule has 2 aromatic carbocycles. The zero-order valence-corrected chi connectivity index (χ0v) is 16.5. The second-order valence-corrected chi connectivity index (χ2v) is 7.49. The Bertz CT molecular complexity index is 850. The molecule has 0 saturated carbocycles. The van der Waals surface area contributed by atoms with Gasteiger partial charge < -0.3 is 10.2 Å². The quantitative estimate of drug-likeness (QED) is 0.855. The summed E-state index contributed by atoms with van der Waals surface area (Å²) in [5, 5.41) is 2.79. The van der Waals surface area contributed by atoms with E-state index >= 15 is 0 Å². The van der Waals surface area contributed by atoms with Gasteiger partial charge in [-0.25, -0.2) is 4.39 Å². The maximum Gasteiger partial charge on any atom is 0.228 e. The molecule has 1 aliphatic heterocycles. The number of halogens is 1. The van der Waals surface area contributed by atoms with Crippen LogP contribution in [-0.4, -0.2) is 36.9 Å². The highest BCUT2D eigenvalue weighted by atomic mass is 19.1. The van der Waals surface area contributed by atoms with Crippen LogP contribution in [0.4, 0.5) is 4.39 Å². The molecule has 0 bridgehead atoms. The van der Waals surface area contributed by atoms with Gasteiger partial charge in [-0.3, -0.25) is 9.59 Å². The van der Waals surface area contributed by atoms with Crippen molar-refractivity contribution in [1.82, 2.24) is 10.2 Å². The van der Waals surface area contributed by atoms with Crippen LogP contribution >= 0.6 is 0 Å². The summed E-state index contributed by atoms with van der Waals surface area (Å²) < 4.78 is 14.0. The van der Waals surface area contributed by atoms with Gasteiger partial charge in [0.25, 0.3) is 0 Å². The maximum absolute atomic E-state index is 14.0. The normalized spacial score (nSPS) is 19.3. The summed E-state index contributed by atoms with van der Waals surface area (Å²) in [6, 6.07) is 14.4. The molecular weight excluding hydrogens is 355 g/mol. The fourth-order valence-corrected chi connectivity index (χ4v) is 4.13. The Labute approximate surface area is 165 Å². The van der Waals surface area contributed by atoms with Crippen molar-refractivity contribution in [3.63, 3.8) is 0 Å². The summed E-state index contributed by atoms with van der Waals surface area (Å²) >= 11 is 0. The molecule has 3 rings (SSSR count). The average molecular weight is 382 g/mol. The molecule has 2 aromatic rings. The summed E-state index contributed by atoms with van der Waals surface area (Å²) in [6.45, 7) is 2.99. The average Bonchev–Trinajstić information content (AvgIpc) is 2.73. The molecule has 1 saturated heterocycles. The van der Waals surface area contributed by atoms with Crippen molar-refractivity contribution in [3.8, 4) is 11.1 Å². The Morgan fingerprint density at radius 1 is 1.14 bits per heavy atom. The zero-order chi connectivity index (χ0) is 20.1. The number of rotatable bonds is 5. The van der Waals surface area contributed by atoms with Gasteiger partial charge in [-0.1, -0.05) is 49.4 Å². The van der Waals surface area contributed by atoms with E-state index in [9.17, 15) is 14.0 Å². The molecule has 1 N–H and O–H groups in total. The Kier molecular flexibility index (Phi) is 6.12. The van der Waals surface area contributed by atoms with Gasteiger partial charge in [-0.2, -0.15) is 0 Å². The third kappa shape index (κ3) is 4.08. The molecule has 1 fully saturated rings. The number of nitrogens with zero attached hydrogens (tertiary/aromatic N) is 1. The van der Waals surface area contributed by atoms with E-state index in [4.69, 9.17) is 0 Å². The minimum Gasteiger partial charge on any atom is -0.359 e. The van der Waals surface area contributed by atoms with Crippen LogP contribution in [0.15, 0.2) is 48.5 Å². The predicted molar refractivity (Wildman–Crippen MR) is 108 cm³/mol. The summed E-state index contributed by atoms with van der Waals surface area (Å²) in [5.74, 6) is -0.194. The zero-order valence-electron chi connectivity index (χ0n) is 16.5. The number of benzene rings is 2. The molecule has 5 heteroatoms. The number of hydrogen-bond acceptors (Lipinski definition) is 2. The molecule has 1 heterocycles. The largest absolute Gasteiger partial charge is 0.359 e. The van der Waals surface area contributed by atoms with Gasteiger partial charge in [-0.15, -0.1) is 0 Å². The molecule has 148 valence electrons. The summed E-state index contributed by atoms with van der Waals surface area (Å²) in [6.07, 6.45) is 2.56. The summed E-state index contributed by atoms with van der Waals surface area (Å²) in [7, 11) is 1.64. The molecule has 1 aliphatic rings. The first kappa shape index (κ1) is 20.1. The van der Waals surface area contributed by atoms with E-state index in [-0.39, 0.29) is 17.6 Å². The van der Waals surface area contributed by atoms with Crippen molar-refractivity contribution >= 4 is 11.8 Å². The lowest BCUT2D eigenvalue weighted by atomic mass is 9.74. The number of nitrogens with one attached hydrogen (secondary N) is 1. The minimum atomic E-state index is -0.628. The van der Waals surface area contributed by atoms with E-state index in [0.717, 1.165) is 24.0 Å². The number of likely N-dealkylation sites (tertiary alicyclic amines) is 1. The van der Waals surface area contributed by atoms with E-state index in [0.29, 0.717) is 31.5 Å². The number of amides is 2. The number of hydrogen-bond donors (Lipinski definition) is 1. The Morgan fingerprint density at radius 2 is 1.86 bits per heavy atom. The van der Waals surface area contributed by atoms with Crippen molar-refractivity contribution < 1.29 is 14.0 Å². The van der Waals surface area contributed by atoms with Crippen molar-refractivity contribution in [3.05, 3.63) is 59.9 Å². The van der Waals surface area contributed by atoms with E-state index < -0.39 is 5.41 Å². The van der Waals surface area contributed by atoms with Gasteiger partial charge >= 0.3 is 0 Å². The molecule has 0 aliphatic carbocycles. The minimum absolute atomic E-state index is 0.0284. The third-order valence-electron chi connectivity index (χ3n) is 5.62. The van der Waals surface area contributed by atoms with Crippen LogP contribution in [0.25, 0.3) is 11.1 Å². The van der Waals surface area contributed by atoms with Gasteiger partial charge in [0.15, 0.2) is 0 Å². The van der Waals surface area contributed by atoms with Crippen LogP contribution < -0.4 is 5.32 Å². The highest BCUT2D eigenvalue weighted by Crippen LogP contribution is 2.35. The fraction of sp³-hybridized carbons (Fsp3) is 0.391. The van der Waals surface area contributed by atoms with Gasteiger partial charge in [0.05, 0.1) is 5.41 Å². The van der Waals surface area contributed by atoms with E-state index in [1.165, 1.54) is 6.07 Å². The lowest BCUT2D eigenvalue weighted by Gasteiger charge is -2.41. The maximum atomic E-state index is 14.0. The lowest BCUT2D eigenvalue weighted by molar-refractivity contribution is -0.141. The first-order chi connectivity index (χ1) is 13.5. The smallest absolute Gasteiger partial charge is 0.228 e. The number of piperidine rings is 1. The number of carbonyl (C=O) groups excluding carboxylic acids is 2. The molecule has 1 unspecified atom stereocenters. The molecule has 1 atom stereocenters. The highest BCUT2D eigenvalue weighted by molar-refractivity contribution is 5.84. The molecule has 0 radical (unpaired) electrons. The van der Waals surface area contributed by atoms with Gasteiger partial charge in [0.2, 0.25) is 11.8 Å². The standard InChI is InChI=1S/C23H27FN2O2/c1-3-21(27)26-14-6-13-23(16-26,22(28)25-2)15-17-9-11-18(12-10-17)19-7-4-5-8-20(19)24/h4-5,7-12H,3,6,13-16H2,1-2H3,(H,25,28). The lowest BCUT2D eigenvalue weighted by Crippen LogP contribution is -2.53. The summed E-state index contributed by atoms with van der Waals surface area (Å²) in [4.78, 5) is 26.8. The van der Waals surface area contributed by atoms with E-state index in [2.05, 4.69) is 5.32 Å². The summed E-state index contributed by atoms with van der Waals surface area (Å²) in [5.41, 5.74) is 1.75. The number of carbonyl (C=O) groups is 2. The molecule has 0 aromatic heterocycles. The van der Waals surface area contributed by atoms with Crippen molar-refractivity contribution in [2.24, 2.45) is 5.41 Å². The molecule has 2 amide bonds. The van der Waals surface area contributed by atoms with Crippen LogP contribution in [0.3, 0.4) is 0 Å². The fourth-order valence-electron chi connectivity index (χ4n) is 4.13. The van der Waals surface area contributed by atoms with Gasteiger partial charge in [-0.05, 0) is 36.5 Å². The van der Waals surface area contributed by atoms with Gasteiger partial charge in [0.1, 0.15) is 5.82 Å². The SMILES string of the molecule is CCC(=O)N1CCCC(Cc2ccc(-c3ccccc3F)cc2)(C(=O)NC)C1. The van der Waals surface area contributed by atoms with E-state index in [1.54, 1.807) is 19.2 Å². The first-order valence-electron chi connectivity index (χ1n) is 9.83. The first-order valence-corrected chi connectivity index (χ1v) is 9.83. The second kappa shape index (κ2) is 8.55. The van der Waals surface area contributed by atoms with Crippen LogP contribution in [0.2, 0.25) is 0 Å². The molecule has 28 heavy (non-hydrogen) atoms. The Balaban J connectivity index is 1.84. The van der Waals surface area contributed by atoms with Crippen LogP contribution in [-0.2, 0) is 16.0 Å². The molecule has 4 nitrogen and oxygen atoms in total. The second-order valence-electron chi connectivity index (χ2n) is 7.49. The molecular formula is C23H27FN2O2. The van der Waals surface area contributed by atoms with Crippen molar-refractivity contribution in [2.75, 3.05) is 20.1 Å². The van der Waals surface area contributed by atoms with Crippen LogP contribution in [0.1, 0.15) is 31.7 Å². The Hall–Kier alpha value is -2.69.